The van der Waals surface area contributed by atoms with E-state index in [2.05, 4.69) is 4.98 Å². The monoisotopic (exact) mass is 230 g/mol. The molecule has 4 heteroatoms. The normalized spacial score (nSPS) is 10.2. The van der Waals surface area contributed by atoms with Gasteiger partial charge in [0.15, 0.2) is 0 Å². The van der Waals surface area contributed by atoms with Gasteiger partial charge in [-0.3, -0.25) is 4.98 Å². The van der Waals surface area contributed by atoms with Gasteiger partial charge in [0.05, 0.1) is 7.11 Å². The van der Waals surface area contributed by atoms with Gasteiger partial charge >= 0.3 is 5.97 Å². The molecule has 0 aliphatic rings. The Morgan fingerprint density at radius 2 is 2.12 bits per heavy atom. The molecule has 0 saturated carbocycles. The molecule has 2 rings (SSSR count). The van der Waals surface area contributed by atoms with Crippen LogP contribution in [-0.4, -0.2) is 22.6 Å². The van der Waals surface area contributed by atoms with E-state index in [4.69, 9.17) is 4.74 Å². The summed E-state index contributed by atoms with van der Waals surface area (Å²) in [6.07, 6.45) is 6.28. The van der Waals surface area contributed by atoms with E-state index in [-0.39, 0.29) is 5.97 Å². The fourth-order valence-corrected chi connectivity index (χ4v) is 1.70. The highest BCUT2D eigenvalue weighted by Gasteiger charge is 2.10. The molecule has 0 N–H and O–H groups in total. The minimum Gasteiger partial charge on any atom is -0.464 e. The summed E-state index contributed by atoms with van der Waals surface area (Å²) in [5.41, 5.74) is 1.78. The molecule has 0 saturated heterocycles. The number of aromatic nitrogens is 2. The van der Waals surface area contributed by atoms with Gasteiger partial charge in [0.2, 0.25) is 0 Å². The predicted molar refractivity (Wildman–Crippen MR) is 63.7 cm³/mol. The number of esters is 1. The molecule has 88 valence electrons. The lowest BCUT2D eigenvalue weighted by Crippen LogP contribution is -2.11. The number of hydrogen-bond donors (Lipinski definition) is 0. The van der Waals surface area contributed by atoms with Gasteiger partial charge in [-0.15, -0.1) is 0 Å². The Labute approximate surface area is 99.9 Å². The number of pyridine rings is 1. The summed E-state index contributed by atoms with van der Waals surface area (Å²) in [4.78, 5) is 15.4. The molecule has 0 atom stereocenters. The quantitative estimate of drug-likeness (QED) is 0.754. The Bertz CT molecular complexity index is 491. The van der Waals surface area contributed by atoms with Crippen LogP contribution in [0.25, 0.3) is 0 Å². The molecular formula is C13H14N2O2. The molecule has 2 aromatic rings. The molecule has 0 unspecified atom stereocenters. The molecule has 2 heterocycles. The molecule has 0 amide bonds. The molecule has 2 aromatic heterocycles. The van der Waals surface area contributed by atoms with Gasteiger partial charge in [0.1, 0.15) is 5.69 Å². The molecule has 0 spiro atoms. The van der Waals surface area contributed by atoms with Crippen molar-refractivity contribution in [1.29, 1.82) is 0 Å². The van der Waals surface area contributed by atoms with Crippen molar-refractivity contribution in [1.82, 2.24) is 9.55 Å². The van der Waals surface area contributed by atoms with E-state index in [9.17, 15) is 4.79 Å². The van der Waals surface area contributed by atoms with Gasteiger partial charge in [0, 0.05) is 25.1 Å². The summed E-state index contributed by atoms with van der Waals surface area (Å²) in [7, 11) is 1.39. The molecule has 4 nitrogen and oxygen atoms in total. The van der Waals surface area contributed by atoms with E-state index in [1.165, 1.54) is 12.7 Å². The highest BCUT2D eigenvalue weighted by atomic mass is 16.5. The maximum atomic E-state index is 11.5. The summed E-state index contributed by atoms with van der Waals surface area (Å²) >= 11 is 0. The van der Waals surface area contributed by atoms with Gasteiger partial charge in [0.25, 0.3) is 0 Å². The molecule has 0 aromatic carbocycles. The van der Waals surface area contributed by atoms with Crippen LogP contribution in [0.2, 0.25) is 0 Å². The van der Waals surface area contributed by atoms with E-state index in [0.717, 1.165) is 13.0 Å². The third kappa shape index (κ3) is 2.72. The van der Waals surface area contributed by atoms with Crippen molar-refractivity contribution in [3.63, 3.8) is 0 Å². The first-order valence-electron chi connectivity index (χ1n) is 5.43. The third-order valence-electron chi connectivity index (χ3n) is 2.61. The second-order valence-corrected chi connectivity index (χ2v) is 3.68. The maximum absolute atomic E-state index is 11.5. The van der Waals surface area contributed by atoms with Crippen LogP contribution in [0.4, 0.5) is 0 Å². The largest absolute Gasteiger partial charge is 0.464 e. The van der Waals surface area contributed by atoms with Gasteiger partial charge in [-0.1, -0.05) is 0 Å². The van der Waals surface area contributed by atoms with Crippen LogP contribution in [0.5, 0.6) is 0 Å². The van der Waals surface area contributed by atoms with E-state index in [0.29, 0.717) is 5.69 Å². The summed E-state index contributed by atoms with van der Waals surface area (Å²) in [6, 6.07) is 7.56. The molecule has 0 radical (unpaired) electrons. The fraction of sp³-hybridized carbons (Fsp3) is 0.231. The molecule has 0 aliphatic heterocycles. The van der Waals surface area contributed by atoms with Crippen molar-refractivity contribution in [2.24, 2.45) is 0 Å². The maximum Gasteiger partial charge on any atom is 0.354 e. The molecule has 0 aliphatic carbocycles. The van der Waals surface area contributed by atoms with Crippen molar-refractivity contribution in [3.8, 4) is 0 Å². The Morgan fingerprint density at radius 1 is 1.35 bits per heavy atom. The SMILES string of the molecule is COC(=O)c1cccn1CCc1ccncc1. The lowest BCUT2D eigenvalue weighted by molar-refractivity contribution is 0.0588. The summed E-state index contributed by atoms with van der Waals surface area (Å²) in [5, 5.41) is 0. The highest BCUT2D eigenvalue weighted by Crippen LogP contribution is 2.07. The average Bonchev–Trinajstić information content (AvgIpc) is 2.85. The summed E-state index contributed by atoms with van der Waals surface area (Å²) in [6.45, 7) is 0.751. The molecule has 17 heavy (non-hydrogen) atoms. The van der Waals surface area contributed by atoms with Crippen molar-refractivity contribution < 1.29 is 9.53 Å². The highest BCUT2D eigenvalue weighted by molar-refractivity contribution is 5.87. The van der Waals surface area contributed by atoms with Crippen LogP contribution >= 0.6 is 0 Å². The lowest BCUT2D eigenvalue weighted by atomic mass is 10.2. The molecular weight excluding hydrogens is 216 g/mol. The standard InChI is InChI=1S/C13H14N2O2/c1-17-13(16)12-3-2-9-15(12)10-6-11-4-7-14-8-5-11/h2-5,7-9H,6,10H2,1H3. The van der Waals surface area contributed by atoms with Crippen LogP contribution in [0, 0.1) is 0 Å². The Kier molecular flexibility index (Phi) is 3.55. The minimum absolute atomic E-state index is 0.301. The van der Waals surface area contributed by atoms with E-state index in [1.807, 2.05) is 29.0 Å². The zero-order chi connectivity index (χ0) is 12.1. The van der Waals surface area contributed by atoms with Gasteiger partial charge in [-0.2, -0.15) is 0 Å². The Balaban J connectivity index is 2.05. The van der Waals surface area contributed by atoms with E-state index < -0.39 is 0 Å². The first-order chi connectivity index (χ1) is 8.31. The van der Waals surface area contributed by atoms with Crippen molar-refractivity contribution >= 4 is 5.97 Å². The topological polar surface area (TPSA) is 44.1 Å². The number of aryl methyl sites for hydroxylation is 2. The number of carbonyl (C=O) groups excluding carboxylic acids is 1. The molecule has 0 bridgehead atoms. The smallest absolute Gasteiger partial charge is 0.354 e. The second kappa shape index (κ2) is 5.30. The number of methoxy groups -OCH3 is 1. The van der Waals surface area contributed by atoms with Gasteiger partial charge in [-0.05, 0) is 36.2 Å². The first kappa shape index (κ1) is 11.4. The van der Waals surface area contributed by atoms with Crippen LogP contribution < -0.4 is 0 Å². The van der Waals surface area contributed by atoms with Crippen LogP contribution in [0.1, 0.15) is 16.1 Å². The van der Waals surface area contributed by atoms with E-state index >= 15 is 0 Å². The van der Waals surface area contributed by atoms with E-state index in [1.54, 1.807) is 18.5 Å². The number of carbonyl (C=O) groups is 1. The Morgan fingerprint density at radius 3 is 2.82 bits per heavy atom. The average molecular weight is 230 g/mol. The van der Waals surface area contributed by atoms with Crippen molar-refractivity contribution in [2.75, 3.05) is 7.11 Å². The van der Waals surface area contributed by atoms with Crippen LogP contribution in [-0.2, 0) is 17.7 Å². The van der Waals surface area contributed by atoms with Crippen LogP contribution in [0.15, 0.2) is 42.9 Å². The summed E-state index contributed by atoms with van der Waals surface area (Å²) < 4.78 is 6.61. The Hall–Kier alpha value is -2.10. The number of rotatable bonds is 4. The predicted octanol–water partition coefficient (Wildman–Crippen LogP) is 1.91. The van der Waals surface area contributed by atoms with Crippen LogP contribution in [0.3, 0.4) is 0 Å². The fourth-order valence-electron chi connectivity index (χ4n) is 1.70. The minimum atomic E-state index is -0.301. The first-order valence-corrected chi connectivity index (χ1v) is 5.43. The number of nitrogens with zero attached hydrogens (tertiary/aromatic N) is 2. The van der Waals surface area contributed by atoms with Gasteiger partial charge in [-0.25, -0.2) is 4.79 Å². The number of hydrogen-bond acceptors (Lipinski definition) is 3. The van der Waals surface area contributed by atoms with Crippen molar-refractivity contribution in [3.05, 3.63) is 54.1 Å². The lowest BCUT2D eigenvalue weighted by Gasteiger charge is -2.07. The van der Waals surface area contributed by atoms with Gasteiger partial charge < -0.3 is 9.30 Å². The van der Waals surface area contributed by atoms with Crippen molar-refractivity contribution in [2.45, 2.75) is 13.0 Å². The number of ether oxygens (including phenoxy) is 1. The zero-order valence-corrected chi connectivity index (χ0v) is 9.67. The zero-order valence-electron chi connectivity index (χ0n) is 9.67. The third-order valence-corrected chi connectivity index (χ3v) is 2.61. The summed E-state index contributed by atoms with van der Waals surface area (Å²) in [5.74, 6) is -0.301. The second-order valence-electron chi connectivity index (χ2n) is 3.68. The molecule has 0 fully saturated rings.